The van der Waals surface area contributed by atoms with Crippen molar-refractivity contribution >= 4 is 34.7 Å². The van der Waals surface area contributed by atoms with E-state index in [-0.39, 0.29) is 30.0 Å². The van der Waals surface area contributed by atoms with Gasteiger partial charge in [-0.15, -0.1) is 0 Å². The molecular formula is C21H22F3N3OS. The largest absolute Gasteiger partial charge is 0.416 e. The molecule has 0 bridgehead atoms. The fraction of sp³-hybridized carbons (Fsp3) is 0.381. The smallest absolute Gasteiger partial charge is 0.352 e. The highest BCUT2D eigenvalue weighted by atomic mass is 32.2. The third-order valence-corrected chi connectivity index (χ3v) is 6.49. The molecule has 0 saturated heterocycles. The zero-order valence-electron chi connectivity index (χ0n) is 15.7. The van der Waals surface area contributed by atoms with Crippen LogP contribution in [0.2, 0.25) is 0 Å². The van der Waals surface area contributed by atoms with Crippen LogP contribution in [0.5, 0.6) is 0 Å². The molecule has 0 spiro atoms. The number of halogens is 3. The van der Waals surface area contributed by atoms with Crippen molar-refractivity contribution in [3.8, 4) is 0 Å². The number of rotatable bonds is 3. The normalized spacial score (nSPS) is 21.0. The van der Waals surface area contributed by atoms with E-state index >= 15 is 0 Å². The second kappa shape index (κ2) is 7.91. The quantitative estimate of drug-likeness (QED) is 0.503. The van der Waals surface area contributed by atoms with Crippen LogP contribution in [-0.4, -0.2) is 11.9 Å². The number of hydrogen-bond acceptors (Lipinski definition) is 4. The number of nitrogens with one attached hydrogen (secondary N) is 2. The lowest BCUT2D eigenvalue weighted by molar-refractivity contribution is -0.137. The van der Waals surface area contributed by atoms with Crippen molar-refractivity contribution in [1.29, 1.82) is 0 Å². The van der Waals surface area contributed by atoms with Crippen molar-refractivity contribution in [2.45, 2.75) is 54.1 Å². The number of carbonyl (C=O) groups is 1. The monoisotopic (exact) mass is 421 g/mol. The highest BCUT2D eigenvalue weighted by Gasteiger charge is 2.34. The molecule has 154 valence electrons. The van der Waals surface area contributed by atoms with Gasteiger partial charge in [0.15, 0.2) is 0 Å². The van der Waals surface area contributed by atoms with Gasteiger partial charge in [-0.1, -0.05) is 30.3 Å². The van der Waals surface area contributed by atoms with Crippen LogP contribution >= 0.6 is 11.8 Å². The van der Waals surface area contributed by atoms with E-state index < -0.39 is 11.7 Å². The number of benzene rings is 2. The van der Waals surface area contributed by atoms with Crippen LogP contribution < -0.4 is 16.4 Å². The van der Waals surface area contributed by atoms with Gasteiger partial charge >= 0.3 is 6.18 Å². The summed E-state index contributed by atoms with van der Waals surface area (Å²) < 4.78 is 40.3. The van der Waals surface area contributed by atoms with E-state index in [2.05, 4.69) is 10.6 Å². The molecule has 0 radical (unpaired) electrons. The number of nitrogens with two attached hydrogens (primary N) is 1. The van der Waals surface area contributed by atoms with Gasteiger partial charge in [0, 0.05) is 22.3 Å². The molecule has 2 aromatic rings. The maximum Gasteiger partial charge on any atom is 0.416 e. The fourth-order valence-electron chi connectivity index (χ4n) is 3.98. The molecule has 1 heterocycles. The van der Waals surface area contributed by atoms with Gasteiger partial charge in [0.25, 0.3) is 0 Å². The molecule has 2 unspecified atom stereocenters. The molecule has 2 atom stereocenters. The van der Waals surface area contributed by atoms with E-state index in [1.165, 1.54) is 11.8 Å². The van der Waals surface area contributed by atoms with Gasteiger partial charge in [-0.25, -0.2) is 0 Å². The first-order valence-electron chi connectivity index (χ1n) is 9.64. The van der Waals surface area contributed by atoms with Crippen LogP contribution in [0, 0.1) is 5.92 Å². The van der Waals surface area contributed by atoms with Crippen LogP contribution in [-0.2, 0) is 11.0 Å². The highest BCUT2D eigenvalue weighted by molar-refractivity contribution is 7.99. The summed E-state index contributed by atoms with van der Waals surface area (Å²) in [7, 11) is 0. The van der Waals surface area contributed by atoms with E-state index in [1.807, 2.05) is 24.3 Å². The van der Waals surface area contributed by atoms with Crippen LogP contribution in [0.4, 0.5) is 30.2 Å². The standard InChI is InChI=1S/C21H22F3N3OS/c22-21(23,24)13-10-16(26-19(28)9-12-4-3-5-14(25)8-12)20-18(11-13)29-17-7-2-1-6-15(17)27-20/h1-2,6-7,10-12,14,27H,3-5,8-9,25H2,(H,26,28). The van der Waals surface area contributed by atoms with Crippen molar-refractivity contribution in [1.82, 2.24) is 0 Å². The Labute approximate surface area is 171 Å². The molecule has 1 saturated carbocycles. The van der Waals surface area contributed by atoms with E-state index in [4.69, 9.17) is 5.73 Å². The van der Waals surface area contributed by atoms with Gasteiger partial charge in [-0.2, -0.15) is 13.2 Å². The van der Waals surface area contributed by atoms with Crippen molar-refractivity contribution in [2.24, 2.45) is 11.7 Å². The lowest BCUT2D eigenvalue weighted by Gasteiger charge is -2.27. The first kappa shape index (κ1) is 20.1. The third kappa shape index (κ3) is 4.53. The lowest BCUT2D eigenvalue weighted by Crippen LogP contribution is -2.30. The second-order valence-electron chi connectivity index (χ2n) is 7.66. The van der Waals surface area contributed by atoms with Gasteiger partial charge < -0.3 is 16.4 Å². The Bertz CT molecular complexity index is 932. The van der Waals surface area contributed by atoms with Gasteiger partial charge in [0.2, 0.25) is 5.91 Å². The summed E-state index contributed by atoms with van der Waals surface area (Å²) in [5.74, 6) is -0.111. The Hall–Kier alpha value is -2.19. The molecule has 0 aromatic heterocycles. The predicted octanol–water partition coefficient (Wildman–Crippen LogP) is 5.76. The Morgan fingerprint density at radius 2 is 2.00 bits per heavy atom. The summed E-state index contributed by atoms with van der Waals surface area (Å²) >= 11 is 1.26. The van der Waals surface area contributed by atoms with Crippen LogP contribution in [0.25, 0.3) is 0 Å². The first-order chi connectivity index (χ1) is 13.8. The molecule has 1 aliphatic carbocycles. The van der Waals surface area contributed by atoms with Crippen LogP contribution in [0.1, 0.15) is 37.7 Å². The predicted molar refractivity (Wildman–Crippen MR) is 108 cm³/mol. The van der Waals surface area contributed by atoms with Crippen LogP contribution in [0.3, 0.4) is 0 Å². The fourth-order valence-corrected chi connectivity index (χ4v) is 5.04. The van der Waals surface area contributed by atoms with Gasteiger partial charge in [-0.05, 0) is 49.4 Å². The van der Waals surface area contributed by atoms with Crippen molar-refractivity contribution < 1.29 is 18.0 Å². The van der Waals surface area contributed by atoms with Gasteiger partial charge in [0.1, 0.15) is 0 Å². The van der Waals surface area contributed by atoms with E-state index in [9.17, 15) is 18.0 Å². The molecule has 2 aromatic carbocycles. The molecule has 29 heavy (non-hydrogen) atoms. The molecule has 1 aliphatic heterocycles. The maximum absolute atomic E-state index is 13.4. The summed E-state index contributed by atoms with van der Waals surface area (Å²) in [5, 5.41) is 5.90. The molecule has 2 aliphatic rings. The Morgan fingerprint density at radius 3 is 2.76 bits per heavy atom. The number of amides is 1. The number of hydrogen-bond donors (Lipinski definition) is 3. The summed E-state index contributed by atoms with van der Waals surface area (Å²) in [6, 6.07) is 9.62. The number of fused-ring (bicyclic) bond motifs is 2. The van der Waals surface area contributed by atoms with E-state index in [0.29, 0.717) is 10.6 Å². The number of carbonyl (C=O) groups excluding carboxylic acids is 1. The summed E-state index contributed by atoms with van der Waals surface area (Å²) in [6.45, 7) is 0. The Balaban J connectivity index is 1.61. The zero-order valence-corrected chi connectivity index (χ0v) is 16.5. The first-order valence-corrected chi connectivity index (χ1v) is 10.5. The highest BCUT2D eigenvalue weighted by Crippen LogP contribution is 2.49. The van der Waals surface area contributed by atoms with E-state index in [0.717, 1.165) is 48.4 Å². The average molecular weight is 421 g/mol. The van der Waals surface area contributed by atoms with Crippen molar-refractivity contribution in [2.75, 3.05) is 10.6 Å². The molecule has 1 fully saturated rings. The molecular weight excluding hydrogens is 399 g/mol. The summed E-state index contributed by atoms with van der Waals surface area (Å²) in [5.41, 5.74) is 6.66. The minimum atomic E-state index is -4.50. The minimum Gasteiger partial charge on any atom is -0.352 e. The number of anilines is 3. The third-order valence-electron chi connectivity index (χ3n) is 5.37. The second-order valence-corrected chi connectivity index (χ2v) is 8.75. The number of para-hydroxylation sites is 1. The molecule has 4 rings (SSSR count). The van der Waals surface area contributed by atoms with Gasteiger partial charge in [-0.3, -0.25) is 4.79 Å². The summed E-state index contributed by atoms with van der Waals surface area (Å²) in [4.78, 5) is 13.9. The summed E-state index contributed by atoms with van der Waals surface area (Å²) in [6.07, 6.45) is -0.601. The average Bonchev–Trinajstić information content (AvgIpc) is 2.65. The molecule has 4 N–H and O–H groups in total. The molecule has 8 heteroatoms. The van der Waals surface area contributed by atoms with Gasteiger partial charge in [0.05, 0.1) is 22.6 Å². The maximum atomic E-state index is 13.4. The SMILES string of the molecule is NC1CCCC(CC(=O)Nc2cc(C(F)(F)F)cc3c2Nc2ccccc2S3)C1. The van der Waals surface area contributed by atoms with Crippen molar-refractivity contribution in [3.63, 3.8) is 0 Å². The van der Waals surface area contributed by atoms with E-state index in [1.54, 1.807) is 0 Å². The number of alkyl halides is 3. The molecule has 4 nitrogen and oxygen atoms in total. The lowest BCUT2D eigenvalue weighted by atomic mass is 9.84. The Kier molecular flexibility index (Phi) is 5.48. The minimum absolute atomic E-state index is 0.0948. The Morgan fingerprint density at radius 1 is 1.21 bits per heavy atom. The zero-order chi connectivity index (χ0) is 20.6. The topological polar surface area (TPSA) is 67.2 Å². The molecule has 1 amide bonds. The van der Waals surface area contributed by atoms with Crippen molar-refractivity contribution in [3.05, 3.63) is 42.0 Å². The van der Waals surface area contributed by atoms with Crippen LogP contribution in [0.15, 0.2) is 46.2 Å².